The molecule has 0 spiro atoms. The van der Waals surface area contributed by atoms with Crippen LogP contribution in [0.3, 0.4) is 0 Å². The Morgan fingerprint density at radius 3 is 2.33 bits per heavy atom. The molecule has 0 saturated carbocycles. The van der Waals surface area contributed by atoms with Gasteiger partial charge in [-0.3, -0.25) is 9.59 Å². The summed E-state index contributed by atoms with van der Waals surface area (Å²) in [4.78, 5) is 18.4. The van der Waals surface area contributed by atoms with E-state index in [1.165, 1.54) is 0 Å². The van der Waals surface area contributed by atoms with Gasteiger partial charge in [0, 0.05) is 0 Å². The Balaban J connectivity index is 3.21. The van der Waals surface area contributed by atoms with Gasteiger partial charge >= 0.3 is 0 Å². The molecule has 1 unspecified atom stereocenters. The molecule has 0 aliphatic heterocycles. The molecule has 3 nitrogen and oxygen atoms in total. The normalized spacial score (nSPS) is 8.33. The quantitative estimate of drug-likeness (QED) is 0.335. The second-order valence-electron chi connectivity index (χ2n) is 0.699. The molecule has 1 atom stereocenters. The van der Waals surface area contributed by atoms with Crippen LogP contribution in [0.15, 0.2) is 0 Å². The maximum absolute atomic E-state index is 9.22. The zero-order chi connectivity index (χ0) is 4.99. The average molecular weight is 87.1 g/mol. The van der Waals surface area contributed by atoms with Crippen molar-refractivity contribution in [3.8, 4) is 0 Å². The predicted octanol–water partition coefficient (Wildman–Crippen LogP) is -1.34. The highest BCUT2D eigenvalue weighted by Gasteiger charge is 1.93. The summed E-state index contributed by atoms with van der Waals surface area (Å²) >= 11 is 0. The topological polar surface area (TPSA) is 54.4 Å². The summed E-state index contributed by atoms with van der Waals surface area (Å²) in [5.74, 6) is 0. The van der Waals surface area contributed by atoms with Crippen molar-refractivity contribution in [2.45, 2.75) is 6.10 Å². The molecule has 0 fully saturated rings. The number of aliphatic hydroxyl groups excluding tert-OH is 1. The van der Waals surface area contributed by atoms with Gasteiger partial charge in [-0.15, -0.1) is 0 Å². The summed E-state index contributed by atoms with van der Waals surface area (Å²) < 4.78 is 0. The monoisotopic (exact) mass is 87.0 g/mol. The van der Waals surface area contributed by atoms with Crippen LogP contribution in [0.25, 0.3) is 0 Å². The molecule has 0 saturated heterocycles. The highest BCUT2D eigenvalue weighted by atomic mass is 16.3. The Labute approximate surface area is 34.6 Å². The fourth-order valence-electron chi connectivity index (χ4n) is 0.0278. The first-order valence-corrected chi connectivity index (χ1v) is 1.32. The first-order valence-electron chi connectivity index (χ1n) is 1.32. The van der Waals surface area contributed by atoms with Gasteiger partial charge in [0.2, 0.25) is 6.29 Å². The number of carbonyl (C=O) groups is 1. The Bertz CT molecular complexity index is 51.1. The SMILES string of the molecule is O=[C]C(O)C=O. The van der Waals surface area contributed by atoms with Crippen LogP contribution in [0.4, 0.5) is 0 Å². The molecule has 6 heavy (non-hydrogen) atoms. The van der Waals surface area contributed by atoms with Crippen LogP contribution in [0.2, 0.25) is 0 Å². The van der Waals surface area contributed by atoms with E-state index >= 15 is 0 Å². The Morgan fingerprint density at radius 2 is 2.33 bits per heavy atom. The van der Waals surface area contributed by atoms with Crippen LogP contribution < -0.4 is 0 Å². The van der Waals surface area contributed by atoms with E-state index in [2.05, 4.69) is 0 Å². The summed E-state index contributed by atoms with van der Waals surface area (Å²) in [6.07, 6.45) is -0.395. The van der Waals surface area contributed by atoms with Crippen LogP contribution in [0, 0.1) is 0 Å². The maximum atomic E-state index is 9.22. The lowest BCUT2D eigenvalue weighted by Crippen LogP contribution is -2.07. The van der Waals surface area contributed by atoms with E-state index in [0.717, 1.165) is 6.29 Å². The molecule has 0 rings (SSSR count). The van der Waals surface area contributed by atoms with Gasteiger partial charge in [-0.1, -0.05) is 0 Å². The van der Waals surface area contributed by atoms with Crippen molar-refractivity contribution < 1.29 is 14.7 Å². The molecule has 0 heterocycles. The minimum absolute atomic E-state index is 0.104. The number of carbonyl (C=O) groups excluding carboxylic acids is 2. The van der Waals surface area contributed by atoms with Gasteiger partial charge in [0.05, 0.1) is 0 Å². The van der Waals surface area contributed by atoms with Crippen molar-refractivity contribution in [2.24, 2.45) is 0 Å². The first-order chi connectivity index (χ1) is 2.81. The number of hydrogen-bond acceptors (Lipinski definition) is 3. The van der Waals surface area contributed by atoms with Crippen LogP contribution in [0.5, 0.6) is 0 Å². The zero-order valence-electron chi connectivity index (χ0n) is 2.92. The molecule has 0 amide bonds. The fraction of sp³-hybridized carbons (Fsp3) is 0.333. The van der Waals surface area contributed by atoms with Crippen molar-refractivity contribution in [2.75, 3.05) is 0 Å². The minimum Gasteiger partial charge on any atom is -0.377 e. The average Bonchev–Trinajstić information content (AvgIpc) is 1.65. The highest BCUT2D eigenvalue weighted by Crippen LogP contribution is 1.59. The number of aldehydes is 1. The van der Waals surface area contributed by atoms with Crippen LogP contribution in [-0.4, -0.2) is 23.8 Å². The maximum Gasteiger partial charge on any atom is 0.237 e. The summed E-state index contributed by atoms with van der Waals surface area (Å²) in [6.45, 7) is 0. The molecule has 3 heteroatoms. The smallest absolute Gasteiger partial charge is 0.237 e. The van der Waals surface area contributed by atoms with E-state index in [4.69, 9.17) is 9.90 Å². The second-order valence-corrected chi connectivity index (χ2v) is 0.699. The van der Waals surface area contributed by atoms with Crippen molar-refractivity contribution in [3.63, 3.8) is 0 Å². The van der Waals surface area contributed by atoms with E-state index in [1.54, 1.807) is 0 Å². The molecule has 0 bridgehead atoms. The third-order valence-corrected chi connectivity index (χ3v) is 0.250. The van der Waals surface area contributed by atoms with Crippen LogP contribution in [0.1, 0.15) is 0 Å². The van der Waals surface area contributed by atoms with Gasteiger partial charge in [0.1, 0.15) is 0 Å². The van der Waals surface area contributed by atoms with Crippen LogP contribution >= 0.6 is 0 Å². The molecule has 0 aliphatic carbocycles. The number of rotatable bonds is 2. The lowest BCUT2D eigenvalue weighted by Gasteiger charge is -1.77. The van der Waals surface area contributed by atoms with Gasteiger partial charge in [0.15, 0.2) is 12.4 Å². The molecule has 33 valence electrons. The predicted molar refractivity (Wildman–Crippen MR) is 17.8 cm³/mol. The van der Waals surface area contributed by atoms with Crippen molar-refractivity contribution in [1.29, 1.82) is 0 Å². The van der Waals surface area contributed by atoms with Crippen molar-refractivity contribution >= 4 is 12.6 Å². The first kappa shape index (κ1) is 5.30. The minimum atomic E-state index is -1.55. The lowest BCUT2D eigenvalue weighted by molar-refractivity contribution is -0.112. The second kappa shape index (κ2) is 2.53. The molecule has 0 aromatic rings. The molecular weight excluding hydrogens is 84.0 g/mol. The van der Waals surface area contributed by atoms with E-state index in [-0.39, 0.29) is 6.29 Å². The largest absolute Gasteiger partial charge is 0.377 e. The Hall–Kier alpha value is -0.700. The summed E-state index contributed by atoms with van der Waals surface area (Å²) in [6, 6.07) is 0. The van der Waals surface area contributed by atoms with E-state index in [0.29, 0.717) is 0 Å². The zero-order valence-corrected chi connectivity index (χ0v) is 2.92. The van der Waals surface area contributed by atoms with E-state index in [1.807, 2.05) is 0 Å². The van der Waals surface area contributed by atoms with E-state index in [9.17, 15) is 4.79 Å². The van der Waals surface area contributed by atoms with Crippen molar-refractivity contribution in [3.05, 3.63) is 0 Å². The highest BCUT2D eigenvalue weighted by molar-refractivity contribution is 5.80. The van der Waals surface area contributed by atoms with Gasteiger partial charge in [-0.2, -0.15) is 0 Å². The molecular formula is C3H3O3. The van der Waals surface area contributed by atoms with Gasteiger partial charge in [-0.25, -0.2) is 0 Å². The molecule has 1 N–H and O–H groups in total. The Kier molecular flexibility index (Phi) is 2.24. The molecule has 0 aromatic heterocycles. The third-order valence-electron chi connectivity index (χ3n) is 0.250. The van der Waals surface area contributed by atoms with E-state index < -0.39 is 6.10 Å². The standard InChI is InChI=1S/C3H3O3/c4-1-3(6)2-5/h1,3,6H. The molecule has 1 radical (unpaired) electrons. The fourth-order valence-corrected chi connectivity index (χ4v) is 0.0278. The molecule has 0 aromatic carbocycles. The summed E-state index contributed by atoms with van der Waals surface area (Å²) in [5, 5.41) is 7.88. The van der Waals surface area contributed by atoms with Crippen LogP contribution in [-0.2, 0) is 9.59 Å². The summed E-state index contributed by atoms with van der Waals surface area (Å²) in [5.41, 5.74) is 0. The van der Waals surface area contributed by atoms with Gasteiger partial charge < -0.3 is 5.11 Å². The third kappa shape index (κ3) is 1.60. The van der Waals surface area contributed by atoms with Crippen molar-refractivity contribution in [1.82, 2.24) is 0 Å². The molecule has 0 aliphatic rings. The van der Waals surface area contributed by atoms with Gasteiger partial charge in [0.25, 0.3) is 0 Å². The number of aliphatic hydroxyl groups is 1. The lowest BCUT2D eigenvalue weighted by atomic mass is 10.5. The van der Waals surface area contributed by atoms with Gasteiger partial charge in [-0.05, 0) is 0 Å². The summed E-state index contributed by atoms with van der Waals surface area (Å²) in [7, 11) is 0. The number of hydrogen-bond donors (Lipinski definition) is 1. The Morgan fingerprint density at radius 1 is 1.83 bits per heavy atom.